The summed E-state index contributed by atoms with van der Waals surface area (Å²) < 4.78 is 1.86. The molecule has 0 amide bonds. The fourth-order valence-corrected chi connectivity index (χ4v) is 2.37. The molecule has 1 aromatic heterocycles. The predicted octanol–water partition coefficient (Wildman–Crippen LogP) is 1.54. The quantitative estimate of drug-likeness (QED) is 0.781. The molecule has 1 atom stereocenters. The molecule has 3 heteroatoms. The Labute approximate surface area is 93.7 Å². The summed E-state index contributed by atoms with van der Waals surface area (Å²) in [7, 11) is 0. The molecule has 1 aliphatic rings. The lowest BCUT2D eigenvalue weighted by molar-refractivity contribution is 0.532. The molecule has 0 saturated carbocycles. The second kappa shape index (κ2) is 3.76. The average Bonchev–Trinajstić information content (AvgIpc) is 2.83. The topological polar surface area (TPSA) is 34.0 Å². The Balaban J connectivity index is 2.19. The molecule has 1 saturated heterocycles. The number of rotatable bonds is 1. The zero-order valence-corrected chi connectivity index (χ0v) is 9.02. The number of hydrogen-bond acceptors (Lipinski definition) is 2. The SMILES string of the molecule is O=c1c2ccccc2ccn1C1CCNC1. The first kappa shape index (κ1) is 9.60. The maximum atomic E-state index is 12.3. The number of nitrogens with zero attached hydrogens (tertiary/aromatic N) is 1. The molecule has 0 spiro atoms. The van der Waals surface area contributed by atoms with Crippen molar-refractivity contribution in [2.45, 2.75) is 12.5 Å². The Hall–Kier alpha value is -1.61. The summed E-state index contributed by atoms with van der Waals surface area (Å²) in [6.07, 6.45) is 2.96. The Morgan fingerprint density at radius 3 is 2.94 bits per heavy atom. The van der Waals surface area contributed by atoms with Crippen molar-refractivity contribution >= 4 is 10.8 Å². The van der Waals surface area contributed by atoms with Gasteiger partial charge >= 0.3 is 0 Å². The third-order valence-electron chi connectivity index (χ3n) is 3.27. The fraction of sp³-hybridized carbons (Fsp3) is 0.308. The Bertz CT molecular complexity index is 567. The van der Waals surface area contributed by atoms with Crippen LogP contribution in [-0.2, 0) is 0 Å². The van der Waals surface area contributed by atoms with Crippen LogP contribution in [0.15, 0.2) is 41.3 Å². The molecule has 0 radical (unpaired) electrons. The van der Waals surface area contributed by atoms with Gasteiger partial charge in [-0.1, -0.05) is 18.2 Å². The van der Waals surface area contributed by atoms with Gasteiger partial charge in [0.2, 0.25) is 0 Å². The summed E-state index contributed by atoms with van der Waals surface area (Å²) in [5, 5.41) is 5.13. The molecule has 1 fully saturated rings. The summed E-state index contributed by atoms with van der Waals surface area (Å²) >= 11 is 0. The van der Waals surface area contributed by atoms with Crippen molar-refractivity contribution in [3.05, 3.63) is 46.9 Å². The van der Waals surface area contributed by atoms with E-state index in [-0.39, 0.29) is 5.56 Å². The molecule has 1 aliphatic heterocycles. The molecule has 82 valence electrons. The first-order valence-electron chi connectivity index (χ1n) is 5.67. The molecule has 0 aliphatic carbocycles. The number of nitrogens with one attached hydrogen (secondary N) is 1. The lowest BCUT2D eigenvalue weighted by Crippen LogP contribution is -2.25. The van der Waals surface area contributed by atoms with Crippen LogP contribution in [0.1, 0.15) is 12.5 Å². The van der Waals surface area contributed by atoms with Crippen molar-refractivity contribution in [2.24, 2.45) is 0 Å². The van der Waals surface area contributed by atoms with Crippen molar-refractivity contribution in [2.75, 3.05) is 13.1 Å². The molecule has 16 heavy (non-hydrogen) atoms. The Morgan fingerprint density at radius 2 is 2.12 bits per heavy atom. The van der Waals surface area contributed by atoms with Crippen LogP contribution >= 0.6 is 0 Å². The lowest BCUT2D eigenvalue weighted by atomic mass is 10.1. The highest BCUT2D eigenvalue weighted by molar-refractivity contribution is 5.81. The van der Waals surface area contributed by atoms with E-state index in [0.29, 0.717) is 6.04 Å². The molecule has 0 bridgehead atoms. The van der Waals surface area contributed by atoms with E-state index >= 15 is 0 Å². The van der Waals surface area contributed by atoms with Crippen molar-refractivity contribution in [1.82, 2.24) is 9.88 Å². The second-order valence-electron chi connectivity index (χ2n) is 4.26. The van der Waals surface area contributed by atoms with E-state index in [0.717, 1.165) is 30.3 Å². The number of hydrogen-bond donors (Lipinski definition) is 1. The van der Waals surface area contributed by atoms with Crippen LogP contribution in [0.5, 0.6) is 0 Å². The molecular formula is C13H14N2O. The summed E-state index contributed by atoms with van der Waals surface area (Å²) in [6.45, 7) is 1.90. The molecule has 1 N–H and O–H groups in total. The van der Waals surface area contributed by atoms with Crippen LogP contribution in [0, 0.1) is 0 Å². The maximum absolute atomic E-state index is 12.3. The number of fused-ring (bicyclic) bond motifs is 1. The molecule has 1 unspecified atom stereocenters. The van der Waals surface area contributed by atoms with Gasteiger partial charge < -0.3 is 9.88 Å². The van der Waals surface area contributed by atoms with Gasteiger partial charge in [0.15, 0.2) is 0 Å². The monoisotopic (exact) mass is 214 g/mol. The Morgan fingerprint density at radius 1 is 1.25 bits per heavy atom. The standard InChI is InChI=1S/C13H14N2O/c16-13-12-4-2-1-3-10(12)6-8-15(13)11-5-7-14-9-11/h1-4,6,8,11,14H,5,7,9H2. The van der Waals surface area contributed by atoms with Crippen LogP contribution in [0.25, 0.3) is 10.8 Å². The molecule has 2 aromatic rings. The van der Waals surface area contributed by atoms with Gasteiger partial charge in [-0.3, -0.25) is 4.79 Å². The van der Waals surface area contributed by atoms with Gasteiger partial charge in [0.25, 0.3) is 5.56 Å². The van der Waals surface area contributed by atoms with Crippen molar-refractivity contribution < 1.29 is 0 Å². The zero-order chi connectivity index (χ0) is 11.0. The van der Waals surface area contributed by atoms with Gasteiger partial charge in [-0.05, 0) is 30.5 Å². The van der Waals surface area contributed by atoms with Crippen LogP contribution in [-0.4, -0.2) is 17.7 Å². The summed E-state index contributed by atoms with van der Waals surface area (Å²) in [5.41, 5.74) is 0.131. The van der Waals surface area contributed by atoms with E-state index in [2.05, 4.69) is 5.32 Å². The molecule has 3 rings (SSSR count). The third kappa shape index (κ3) is 1.44. The molecular weight excluding hydrogens is 200 g/mol. The minimum atomic E-state index is 0.131. The summed E-state index contributed by atoms with van der Waals surface area (Å²) in [4.78, 5) is 12.3. The van der Waals surface area contributed by atoms with E-state index in [4.69, 9.17) is 0 Å². The van der Waals surface area contributed by atoms with Gasteiger partial charge in [-0.2, -0.15) is 0 Å². The minimum Gasteiger partial charge on any atom is -0.315 e. The highest BCUT2D eigenvalue weighted by atomic mass is 16.1. The van der Waals surface area contributed by atoms with E-state index < -0.39 is 0 Å². The van der Waals surface area contributed by atoms with Gasteiger partial charge in [-0.15, -0.1) is 0 Å². The first-order chi connectivity index (χ1) is 7.86. The van der Waals surface area contributed by atoms with Crippen LogP contribution < -0.4 is 10.9 Å². The molecule has 1 aromatic carbocycles. The van der Waals surface area contributed by atoms with Gasteiger partial charge in [0.05, 0.1) is 6.04 Å². The molecule has 2 heterocycles. The predicted molar refractivity (Wildman–Crippen MR) is 64.7 cm³/mol. The van der Waals surface area contributed by atoms with Gasteiger partial charge in [-0.25, -0.2) is 0 Å². The van der Waals surface area contributed by atoms with Crippen LogP contribution in [0.4, 0.5) is 0 Å². The normalized spacial score (nSPS) is 20.4. The second-order valence-corrected chi connectivity index (χ2v) is 4.26. The van der Waals surface area contributed by atoms with Crippen LogP contribution in [0.2, 0.25) is 0 Å². The smallest absolute Gasteiger partial charge is 0.258 e. The number of aromatic nitrogens is 1. The summed E-state index contributed by atoms with van der Waals surface area (Å²) in [5.74, 6) is 0. The third-order valence-corrected chi connectivity index (χ3v) is 3.27. The first-order valence-corrected chi connectivity index (χ1v) is 5.67. The van der Waals surface area contributed by atoms with Crippen molar-refractivity contribution in [1.29, 1.82) is 0 Å². The maximum Gasteiger partial charge on any atom is 0.258 e. The fourth-order valence-electron chi connectivity index (χ4n) is 2.37. The van der Waals surface area contributed by atoms with E-state index in [1.54, 1.807) is 0 Å². The zero-order valence-electron chi connectivity index (χ0n) is 9.02. The van der Waals surface area contributed by atoms with E-state index in [1.165, 1.54) is 0 Å². The Kier molecular flexibility index (Phi) is 2.26. The van der Waals surface area contributed by atoms with E-state index in [9.17, 15) is 4.79 Å². The van der Waals surface area contributed by atoms with E-state index in [1.807, 2.05) is 41.1 Å². The highest BCUT2D eigenvalue weighted by Gasteiger charge is 2.17. The molecule has 3 nitrogen and oxygen atoms in total. The van der Waals surface area contributed by atoms with Gasteiger partial charge in [0.1, 0.15) is 0 Å². The minimum absolute atomic E-state index is 0.131. The van der Waals surface area contributed by atoms with Crippen molar-refractivity contribution in [3.63, 3.8) is 0 Å². The van der Waals surface area contributed by atoms with Crippen LogP contribution in [0.3, 0.4) is 0 Å². The van der Waals surface area contributed by atoms with Crippen molar-refractivity contribution in [3.8, 4) is 0 Å². The number of benzene rings is 1. The average molecular weight is 214 g/mol. The number of pyridine rings is 1. The largest absolute Gasteiger partial charge is 0.315 e. The lowest BCUT2D eigenvalue weighted by Gasteiger charge is -2.13. The highest BCUT2D eigenvalue weighted by Crippen LogP contribution is 2.15. The van der Waals surface area contributed by atoms with Gasteiger partial charge in [0, 0.05) is 18.1 Å². The summed E-state index contributed by atoms with van der Waals surface area (Å²) in [6, 6.07) is 10.1.